The number of nitrogens with zero attached hydrogens (tertiary/aromatic N) is 1. The van der Waals surface area contributed by atoms with Crippen molar-refractivity contribution in [3.63, 3.8) is 0 Å². The number of hydrogen-bond acceptors (Lipinski definition) is 2. The molecule has 2 unspecified atom stereocenters. The van der Waals surface area contributed by atoms with E-state index in [4.69, 9.17) is 21.3 Å². The molecule has 2 atom stereocenters. The number of rotatable bonds is 18. The molecule has 0 bridgehead atoms. The fourth-order valence-corrected chi connectivity index (χ4v) is 5.54. The highest BCUT2D eigenvalue weighted by Gasteiger charge is 2.33. The Morgan fingerprint density at radius 2 is 1.54 bits per heavy atom. The molecule has 2 nitrogen and oxygen atoms in total. The monoisotopic (exact) mass is 549 g/mol. The van der Waals surface area contributed by atoms with Gasteiger partial charge in [-0.25, -0.2) is 0 Å². The second-order valence-corrected chi connectivity index (χ2v) is 12.6. The van der Waals surface area contributed by atoms with Crippen LogP contribution < -0.4 is 0 Å². The molecule has 0 radical (unpaired) electrons. The van der Waals surface area contributed by atoms with Gasteiger partial charge in [0.05, 0.1) is 17.7 Å². The molecule has 0 N–H and O–H groups in total. The maximum absolute atomic E-state index is 6.88. The summed E-state index contributed by atoms with van der Waals surface area (Å²) in [7, 11) is 0. The summed E-state index contributed by atoms with van der Waals surface area (Å²) in [5, 5.41) is -0.0284. The van der Waals surface area contributed by atoms with Crippen molar-refractivity contribution in [1.29, 1.82) is 0 Å². The van der Waals surface area contributed by atoms with E-state index in [1.54, 1.807) is 0 Å². The number of benzene rings is 1. The summed E-state index contributed by atoms with van der Waals surface area (Å²) in [5.74, 6) is 1.38. The van der Waals surface area contributed by atoms with Gasteiger partial charge in [0.1, 0.15) is 5.60 Å². The van der Waals surface area contributed by atoms with Crippen molar-refractivity contribution in [3.05, 3.63) is 89.8 Å². The van der Waals surface area contributed by atoms with Crippen LogP contribution in [0.15, 0.2) is 73.0 Å². The van der Waals surface area contributed by atoms with E-state index in [1.165, 1.54) is 68.9 Å². The van der Waals surface area contributed by atoms with Crippen molar-refractivity contribution in [2.24, 2.45) is 11.8 Å². The van der Waals surface area contributed by atoms with Gasteiger partial charge in [-0.1, -0.05) is 128 Å². The quantitative estimate of drug-likeness (QED) is 0.105. The van der Waals surface area contributed by atoms with Crippen molar-refractivity contribution in [2.75, 3.05) is 6.61 Å². The third-order valence-electron chi connectivity index (χ3n) is 8.12. The molecule has 3 heteroatoms. The summed E-state index contributed by atoms with van der Waals surface area (Å²) in [4.78, 5) is 4.93. The van der Waals surface area contributed by atoms with Crippen LogP contribution >= 0.6 is 11.6 Å². The van der Waals surface area contributed by atoms with E-state index in [1.807, 2.05) is 0 Å². The predicted octanol–water partition coefficient (Wildman–Crippen LogP) is 10.6. The molecule has 1 aliphatic rings. The lowest BCUT2D eigenvalue weighted by Crippen LogP contribution is -2.32. The first-order valence-corrected chi connectivity index (χ1v) is 16.0. The highest BCUT2D eigenvalue weighted by atomic mass is 35.5. The summed E-state index contributed by atoms with van der Waals surface area (Å²) < 4.78 is 6.67. The smallest absolute Gasteiger partial charge is 0.146 e. The topological polar surface area (TPSA) is 22.1 Å². The molecule has 1 aromatic carbocycles. The second-order valence-electron chi connectivity index (χ2n) is 12.0. The first kappa shape index (κ1) is 31.6. The minimum atomic E-state index is -0.687. The van der Waals surface area contributed by atoms with Crippen molar-refractivity contribution < 1.29 is 4.74 Å². The molecule has 3 rings (SSSR count). The summed E-state index contributed by atoms with van der Waals surface area (Å²) in [6.07, 6.45) is 24.9. The van der Waals surface area contributed by atoms with Crippen molar-refractivity contribution >= 4 is 11.6 Å². The largest absolute Gasteiger partial charge is 0.359 e. The van der Waals surface area contributed by atoms with Crippen LogP contribution in [0.3, 0.4) is 0 Å². The lowest BCUT2D eigenvalue weighted by atomic mass is 9.86. The molecule has 214 valence electrons. The fraction of sp³-hybridized carbons (Fsp3) is 0.583. The van der Waals surface area contributed by atoms with Crippen molar-refractivity contribution in [3.8, 4) is 0 Å². The predicted molar refractivity (Wildman–Crippen MR) is 169 cm³/mol. The van der Waals surface area contributed by atoms with Crippen LogP contribution in [0.4, 0.5) is 0 Å². The minimum Gasteiger partial charge on any atom is -0.359 e. The second kappa shape index (κ2) is 17.0. The van der Waals surface area contributed by atoms with E-state index in [2.05, 4.69) is 101 Å². The average molecular weight is 550 g/mol. The number of aromatic nitrogens is 1. The van der Waals surface area contributed by atoms with E-state index in [-0.39, 0.29) is 11.3 Å². The normalized spacial score (nSPS) is 20.4. The van der Waals surface area contributed by atoms with E-state index >= 15 is 0 Å². The molecule has 1 heterocycles. The summed E-state index contributed by atoms with van der Waals surface area (Å²) in [6.45, 7) is 9.59. The number of aryl methyl sites for hydroxylation is 1. The Bertz CT molecular complexity index is 967. The SMILES string of the molecule is CCCCCCCCCc1ccc(C2(OCC(Cl)C(C)CCCC(C)C)C=CC(c3ccccc3)C=C2)nc1. The Morgan fingerprint density at radius 3 is 2.18 bits per heavy atom. The molecular weight excluding hydrogens is 498 g/mol. The molecule has 0 aliphatic heterocycles. The van der Waals surface area contributed by atoms with Gasteiger partial charge in [-0.2, -0.15) is 0 Å². The summed E-state index contributed by atoms with van der Waals surface area (Å²) in [6, 6.07) is 15.0. The minimum absolute atomic E-state index is 0.0284. The number of ether oxygens (including phenoxy) is 1. The number of hydrogen-bond donors (Lipinski definition) is 0. The van der Waals surface area contributed by atoms with Crippen LogP contribution in [-0.2, 0) is 16.8 Å². The van der Waals surface area contributed by atoms with Crippen molar-refractivity contribution in [2.45, 2.75) is 115 Å². The Balaban J connectivity index is 1.65. The molecule has 0 saturated carbocycles. The van der Waals surface area contributed by atoms with Crippen LogP contribution in [0.2, 0.25) is 0 Å². The van der Waals surface area contributed by atoms with Gasteiger partial charge >= 0.3 is 0 Å². The number of unbranched alkanes of at least 4 members (excludes halogenated alkanes) is 6. The zero-order valence-corrected chi connectivity index (χ0v) is 25.7. The number of halogens is 1. The van der Waals surface area contributed by atoms with Crippen LogP contribution in [0.25, 0.3) is 0 Å². The Hall–Kier alpha value is -1.90. The number of allylic oxidation sites excluding steroid dienone is 2. The summed E-state index contributed by atoms with van der Waals surface area (Å²) >= 11 is 6.88. The standard InChI is InChI=1S/C36H52ClNO/c1-5-6-7-8-9-10-12-18-31-21-22-35(38-27-31)36(39-28-34(37)30(4)17-15-16-29(2)3)25-23-33(24-26-36)32-19-13-11-14-20-32/h11,13-14,19-27,29-30,33-34H,5-10,12,15-18,28H2,1-4H3. The van der Waals surface area contributed by atoms with E-state index in [9.17, 15) is 0 Å². The lowest BCUT2D eigenvalue weighted by Gasteiger charge is -2.33. The Morgan fingerprint density at radius 1 is 0.846 bits per heavy atom. The lowest BCUT2D eigenvalue weighted by molar-refractivity contribution is 0.0149. The third-order valence-corrected chi connectivity index (χ3v) is 8.68. The molecule has 2 aromatic rings. The van der Waals surface area contributed by atoms with Crippen LogP contribution in [0.1, 0.15) is 115 Å². The number of alkyl halides is 1. The Kier molecular flexibility index (Phi) is 13.8. The van der Waals surface area contributed by atoms with Gasteiger partial charge in [-0.15, -0.1) is 11.6 Å². The molecule has 0 amide bonds. The van der Waals surface area contributed by atoms with Gasteiger partial charge in [0.15, 0.2) is 0 Å². The maximum Gasteiger partial charge on any atom is 0.146 e. The van der Waals surface area contributed by atoms with Gasteiger partial charge in [-0.05, 0) is 60.4 Å². The van der Waals surface area contributed by atoms with E-state index in [0.29, 0.717) is 12.5 Å². The molecule has 39 heavy (non-hydrogen) atoms. The van der Waals surface area contributed by atoms with Crippen LogP contribution in [-0.4, -0.2) is 17.0 Å². The van der Waals surface area contributed by atoms with Crippen LogP contribution in [0.5, 0.6) is 0 Å². The number of pyridine rings is 1. The summed E-state index contributed by atoms with van der Waals surface area (Å²) in [5.41, 5.74) is 2.84. The zero-order chi connectivity index (χ0) is 27.9. The fourth-order valence-electron chi connectivity index (χ4n) is 5.35. The molecular formula is C36H52ClNO. The first-order chi connectivity index (χ1) is 18.9. The van der Waals surface area contributed by atoms with Crippen LogP contribution in [0, 0.1) is 11.8 Å². The van der Waals surface area contributed by atoms with Gasteiger partial charge in [0.25, 0.3) is 0 Å². The van der Waals surface area contributed by atoms with Crippen molar-refractivity contribution in [1.82, 2.24) is 4.98 Å². The van der Waals surface area contributed by atoms with Gasteiger partial charge < -0.3 is 4.74 Å². The third kappa shape index (κ3) is 10.5. The highest BCUT2D eigenvalue weighted by molar-refractivity contribution is 6.20. The highest BCUT2D eigenvalue weighted by Crippen LogP contribution is 2.36. The van der Waals surface area contributed by atoms with E-state index in [0.717, 1.165) is 24.5 Å². The first-order valence-electron chi connectivity index (χ1n) is 15.6. The molecule has 0 fully saturated rings. The van der Waals surface area contributed by atoms with E-state index < -0.39 is 5.60 Å². The molecule has 0 spiro atoms. The van der Waals surface area contributed by atoms with Gasteiger partial charge in [0, 0.05) is 12.1 Å². The Labute approximate surface area is 244 Å². The molecule has 1 aliphatic carbocycles. The molecule has 0 saturated heterocycles. The van der Waals surface area contributed by atoms with Gasteiger partial charge in [-0.3, -0.25) is 4.98 Å². The maximum atomic E-state index is 6.88. The van der Waals surface area contributed by atoms with Gasteiger partial charge in [0.2, 0.25) is 0 Å². The average Bonchev–Trinajstić information content (AvgIpc) is 2.96. The zero-order valence-electron chi connectivity index (χ0n) is 25.0. The molecule has 1 aromatic heterocycles.